The van der Waals surface area contributed by atoms with Gasteiger partial charge in [0.15, 0.2) is 0 Å². The molecule has 0 saturated heterocycles. The lowest BCUT2D eigenvalue weighted by Crippen LogP contribution is -2.30. The fourth-order valence-electron chi connectivity index (χ4n) is 2.69. The molecule has 25 heavy (non-hydrogen) atoms. The van der Waals surface area contributed by atoms with Crippen molar-refractivity contribution in [3.05, 3.63) is 58.6 Å². The summed E-state index contributed by atoms with van der Waals surface area (Å²) >= 11 is 7.84. The number of hydrogen-bond acceptors (Lipinski definition) is 4. The molecule has 2 N–H and O–H groups in total. The standard InChI is InChI=1S/C17H17ClN2O3S2/c1-25(22,23)20-13-4-2-3-11(9-13)17(21)19-15-7-8-24-16-6-5-12(18)10-14(15)16/h2-6,9-10,15,20H,7-8H2,1H3,(H,19,21). The Morgan fingerprint density at radius 1 is 1.24 bits per heavy atom. The average Bonchev–Trinajstić information content (AvgIpc) is 2.54. The zero-order valence-electron chi connectivity index (χ0n) is 13.5. The maximum Gasteiger partial charge on any atom is 0.251 e. The van der Waals surface area contributed by atoms with Crippen LogP contribution >= 0.6 is 23.4 Å². The van der Waals surface area contributed by atoms with Gasteiger partial charge in [0.1, 0.15) is 0 Å². The molecule has 8 heteroatoms. The summed E-state index contributed by atoms with van der Waals surface area (Å²) in [6, 6.07) is 12.0. The summed E-state index contributed by atoms with van der Waals surface area (Å²) in [5.41, 5.74) is 1.77. The molecule has 0 radical (unpaired) electrons. The van der Waals surface area contributed by atoms with Crippen molar-refractivity contribution in [2.75, 3.05) is 16.7 Å². The molecule has 0 aromatic heterocycles. The van der Waals surface area contributed by atoms with E-state index in [-0.39, 0.29) is 11.9 Å². The number of halogens is 1. The lowest BCUT2D eigenvalue weighted by atomic mass is 10.0. The highest BCUT2D eigenvalue weighted by Gasteiger charge is 2.23. The monoisotopic (exact) mass is 396 g/mol. The molecule has 1 heterocycles. The van der Waals surface area contributed by atoms with Crippen LogP contribution in [-0.4, -0.2) is 26.3 Å². The van der Waals surface area contributed by atoms with Gasteiger partial charge in [-0.1, -0.05) is 17.7 Å². The van der Waals surface area contributed by atoms with Crippen molar-refractivity contribution in [1.82, 2.24) is 5.32 Å². The van der Waals surface area contributed by atoms with Crippen molar-refractivity contribution in [3.63, 3.8) is 0 Å². The molecule has 1 amide bonds. The molecule has 1 aliphatic heterocycles. The minimum atomic E-state index is -3.39. The molecule has 132 valence electrons. The van der Waals surface area contributed by atoms with Gasteiger partial charge in [-0.25, -0.2) is 8.42 Å². The van der Waals surface area contributed by atoms with Crippen LogP contribution in [0.1, 0.15) is 28.4 Å². The Bertz CT molecular complexity index is 916. The van der Waals surface area contributed by atoms with Crippen LogP contribution in [0, 0.1) is 0 Å². The van der Waals surface area contributed by atoms with E-state index in [4.69, 9.17) is 11.6 Å². The lowest BCUT2D eigenvalue weighted by Gasteiger charge is -2.26. The SMILES string of the molecule is CS(=O)(=O)Nc1cccc(C(=O)NC2CCSc3ccc(Cl)cc32)c1. The number of amides is 1. The van der Waals surface area contributed by atoms with Gasteiger partial charge in [-0.3, -0.25) is 9.52 Å². The van der Waals surface area contributed by atoms with Gasteiger partial charge in [-0.05, 0) is 48.4 Å². The number of benzene rings is 2. The molecule has 0 bridgehead atoms. The number of hydrogen-bond donors (Lipinski definition) is 2. The van der Waals surface area contributed by atoms with Gasteiger partial charge in [0.05, 0.1) is 12.3 Å². The quantitative estimate of drug-likeness (QED) is 0.826. The molecular formula is C17H17ClN2O3S2. The second-order valence-corrected chi connectivity index (χ2v) is 9.12. The van der Waals surface area contributed by atoms with Crippen molar-refractivity contribution in [3.8, 4) is 0 Å². The molecule has 3 rings (SSSR count). The second-order valence-electron chi connectivity index (χ2n) is 5.80. The third-order valence-corrected chi connectivity index (χ3v) is 5.71. The van der Waals surface area contributed by atoms with E-state index in [9.17, 15) is 13.2 Å². The highest BCUT2D eigenvalue weighted by molar-refractivity contribution is 7.99. The summed E-state index contributed by atoms with van der Waals surface area (Å²) in [4.78, 5) is 13.7. The van der Waals surface area contributed by atoms with Crippen LogP contribution in [-0.2, 0) is 10.0 Å². The molecule has 0 saturated carbocycles. The number of carbonyl (C=O) groups is 1. The van der Waals surface area contributed by atoms with Crippen LogP contribution in [0.3, 0.4) is 0 Å². The van der Waals surface area contributed by atoms with Crippen LogP contribution in [0.5, 0.6) is 0 Å². The van der Waals surface area contributed by atoms with Gasteiger partial charge in [0.2, 0.25) is 10.0 Å². The molecule has 1 aliphatic rings. The largest absolute Gasteiger partial charge is 0.345 e. The van der Waals surface area contributed by atoms with Crippen molar-refractivity contribution in [1.29, 1.82) is 0 Å². The molecule has 0 fully saturated rings. The van der Waals surface area contributed by atoms with Gasteiger partial charge in [0.25, 0.3) is 5.91 Å². The van der Waals surface area contributed by atoms with Crippen molar-refractivity contribution >= 4 is 45.0 Å². The highest BCUT2D eigenvalue weighted by Crippen LogP contribution is 2.37. The van der Waals surface area contributed by atoms with Gasteiger partial charge >= 0.3 is 0 Å². The predicted octanol–water partition coefficient (Wildman–Crippen LogP) is 3.68. The topological polar surface area (TPSA) is 75.3 Å². The van der Waals surface area contributed by atoms with E-state index in [0.717, 1.165) is 28.9 Å². The first-order valence-corrected chi connectivity index (χ1v) is 10.9. The predicted molar refractivity (Wildman–Crippen MR) is 102 cm³/mol. The summed E-state index contributed by atoms with van der Waals surface area (Å²) < 4.78 is 25.1. The van der Waals surface area contributed by atoms with Gasteiger partial charge in [0, 0.05) is 26.9 Å². The fourth-order valence-corrected chi connectivity index (χ4v) is 4.54. The number of thioether (sulfide) groups is 1. The number of anilines is 1. The van der Waals surface area contributed by atoms with Crippen LogP contribution in [0.15, 0.2) is 47.4 Å². The van der Waals surface area contributed by atoms with Crippen LogP contribution in [0.25, 0.3) is 0 Å². The maximum absolute atomic E-state index is 12.6. The van der Waals surface area contributed by atoms with E-state index < -0.39 is 10.0 Å². The smallest absolute Gasteiger partial charge is 0.251 e. The molecule has 1 atom stereocenters. The fraction of sp³-hybridized carbons (Fsp3) is 0.235. The third-order valence-electron chi connectivity index (χ3n) is 3.74. The van der Waals surface area contributed by atoms with Crippen molar-refractivity contribution in [2.45, 2.75) is 17.4 Å². The summed E-state index contributed by atoms with van der Waals surface area (Å²) in [6.45, 7) is 0. The summed E-state index contributed by atoms with van der Waals surface area (Å²) in [5, 5.41) is 3.66. The van der Waals surface area contributed by atoms with Gasteiger partial charge in [-0.15, -0.1) is 11.8 Å². The van der Waals surface area contributed by atoms with E-state index in [2.05, 4.69) is 10.0 Å². The van der Waals surface area contributed by atoms with E-state index in [0.29, 0.717) is 16.3 Å². The highest BCUT2D eigenvalue weighted by atomic mass is 35.5. The Kier molecular flexibility index (Phi) is 5.27. The zero-order valence-corrected chi connectivity index (χ0v) is 15.8. The first kappa shape index (κ1) is 18.1. The Morgan fingerprint density at radius 2 is 2.04 bits per heavy atom. The van der Waals surface area contributed by atoms with E-state index in [1.807, 2.05) is 18.2 Å². The summed E-state index contributed by atoms with van der Waals surface area (Å²) in [6.07, 6.45) is 1.88. The van der Waals surface area contributed by atoms with Gasteiger partial charge < -0.3 is 5.32 Å². The summed E-state index contributed by atoms with van der Waals surface area (Å²) in [5.74, 6) is 0.662. The Labute approximate surface area is 156 Å². The Balaban J connectivity index is 1.80. The van der Waals surface area contributed by atoms with Crippen molar-refractivity contribution in [2.24, 2.45) is 0 Å². The minimum absolute atomic E-state index is 0.117. The first-order valence-electron chi connectivity index (χ1n) is 7.63. The van der Waals surface area contributed by atoms with Gasteiger partial charge in [-0.2, -0.15) is 0 Å². The molecule has 0 aliphatic carbocycles. The average molecular weight is 397 g/mol. The molecule has 2 aromatic carbocycles. The van der Waals surface area contributed by atoms with E-state index in [1.165, 1.54) is 6.07 Å². The van der Waals surface area contributed by atoms with E-state index in [1.54, 1.807) is 30.0 Å². The third kappa shape index (κ3) is 4.68. The molecule has 2 aromatic rings. The number of fused-ring (bicyclic) bond motifs is 1. The van der Waals surface area contributed by atoms with Crippen LogP contribution in [0.2, 0.25) is 5.02 Å². The zero-order chi connectivity index (χ0) is 18.0. The summed E-state index contributed by atoms with van der Waals surface area (Å²) in [7, 11) is -3.39. The first-order chi connectivity index (χ1) is 11.8. The van der Waals surface area contributed by atoms with E-state index >= 15 is 0 Å². The molecular weight excluding hydrogens is 380 g/mol. The lowest BCUT2D eigenvalue weighted by molar-refractivity contribution is 0.0935. The number of carbonyl (C=O) groups excluding carboxylic acids is 1. The number of nitrogens with one attached hydrogen (secondary N) is 2. The Morgan fingerprint density at radius 3 is 2.80 bits per heavy atom. The molecule has 0 spiro atoms. The molecule has 5 nitrogen and oxygen atoms in total. The number of rotatable bonds is 4. The van der Waals surface area contributed by atoms with Crippen LogP contribution in [0.4, 0.5) is 5.69 Å². The number of sulfonamides is 1. The maximum atomic E-state index is 12.6. The minimum Gasteiger partial charge on any atom is -0.345 e. The van der Waals surface area contributed by atoms with Crippen molar-refractivity contribution < 1.29 is 13.2 Å². The molecule has 1 unspecified atom stereocenters. The van der Waals surface area contributed by atoms with Crippen LogP contribution < -0.4 is 10.0 Å². The normalized spacial score (nSPS) is 16.8. The second kappa shape index (κ2) is 7.27. The Hall–Kier alpha value is -1.70.